The highest BCUT2D eigenvalue weighted by Crippen LogP contribution is 2.18. The molecule has 0 bridgehead atoms. The molecule has 0 spiro atoms. The summed E-state index contributed by atoms with van der Waals surface area (Å²) in [5, 5.41) is 2.35. The second-order valence-corrected chi connectivity index (χ2v) is 7.52. The molecule has 1 atom stereocenters. The Hall–Kier alpha value is -3.55. The molecule has 0 aromatic heterocycles. The maximum Gasteiger partial charge on any atom is 0.335 e. The van der Waals surface area contributed by atoms with Crippen molar-refractivity contribution in [2.24, 2.45) is 0 Å². The van der Waals surface area contributed by atoms with Crippen LogP contribution < -0.4 is 4.74 Å². The van der Waals surface area contributed by atoms with Crippen molar-refractivity contribution in [2.45, 2.75) is 33.3 Å². The Labute approximate surface area is 196 Å². The molecule has 3 aromatic carbocycles. The molecule has 0 saturated carbocycles. The summed E-state index contributed by atoms with van der Waals surface area (Å²) in [4.78, 5) is 12.0. The summed E-state index contributed by atoms with van der Waals surface area (Å²) in [6.45, 7) is 6.87. The zero-order valence-electron chi connectivity index (χ0n) is 19.5. The molecule has 4 nitrogen and oxygen atoms in total. The van der Waals surface area contributed by atoms with Gasteiger partial charge in [-0.1, -0.05) is 60.4 Å². The number of hydrogen-bond acceptors (Lipinski definition) is 4. The van der Waals surface area contributed by atoms with Crippen LogP contribution in [0.1, 0.15) is 31.9 Å². The molecule has 0 heterocycles. The summed E-state index contributed by atoms with van der Waals surface area (Å²) in [6.07, 6.45) is 1.85. The first-order valence-corrected chi connectivity index (χ1v) is 11.3. The SMILES string of the molecule is CCOC(=O)C(Cc1ccc(OC/C=C(/C)C#Cc2cccc3ccccc23)cc1)OCC. The van der Waals surface area contributed by atoms with Crippen molar-refractivity contribution in [3.05, 3.63) is 89.5 Å². The number of hydrogen-bond donors (Lipinski definition) is 0. The van der Waals surface area contributed by atoms with Crippen LogP contribution >= 0.6 is 0 Å². The van der Waals surface area contributed by atoms with Gasteiger partial charge in [0.1, 0.15) is 12.4 Å². The zero-order valence-corrected chi connectivity index (χ0v) is 19.5. The van der Waals surface area contributed by atoms with Crippen molar-refractivity contribution in [3.8, 4) is 17.6 Å². The van der Waals surface area contributed by atoms with Gasteiger partial charge in [0.15, 0.2) is 6.10 Å². The molecule has 4 heteroatoms. The molecule has 0 fully saturated rings. The van der Waals surface area contributed by atoms with E-state index in [1.165, 1.54) is 5.39 Å². The van der Waals surface area contributed by atoms with Crippen LogP contribution in [0.3, 0.4) is 0 Å². The summed E-state index contributed by atoms with van der Waals surface area (Å²) < 4.78 is 16.5. The minimum atomic E-state index is -0.590. The highest BCUT2D eigenvalue weighted by atomic mass is 16.6. The van der Waals surface area contributed by atoms with E-state index in [1.54, 1.807) is 6.92 Å². The molecule has 0 radical (unpaired) electrons. The third-order valence-corrected chi connectivity index (χ3v) is 5.09. The average molecular weight is 443 g/mol. The van der Waals surface area contributed by atoms with Gasteiger partial charge in [-0.25, -0.2) is 4.79 Å². The minimum Gasteiger partial charge on any atom is -0.490 e. The Kier molecular flexibility index (Phi) is 9.11. The molecular weight excluding hydrogens is 412 g/mol. The Balaban J connectivity index is 1.56. The van der Waals surface area contributed by atoms with E-state index >= 15 is 0 Å². The van der Waals surface area contributed by atoms with E-state index in [-0.39, 0.29) is 5.97 Å². The van der Waals surface area contributed by atoms with Crippen LogP contribution in [0.5, 0.6) is 5.75 Å². The van der Waals surface area contributed by atoms with Crippen molar-refractivity contribution in [1.29, 1.82) is 0 Å². The van der Waals surface area contributed by atoms with Gasteiger partial charge < -0.3 is 14.2 Å². The Bertz CT molecular complexity index is 1140. The topological polar surface area (TPSA) is 44.8 Å². The fourth-order valence-electron chi connectivity index (χ4n) is 3.40. The van der Waals surface area contributed by atoms with Crippen LogP contribution in [-0.4, -0.2) is 31.9 Å². The number of ether oxygens (including phenoxy) is 3. The van der Waals surface area contributed by atoms with Crippen LogP contribution in [0.2, 0.25) is 0 Å². The van der Waals surface area contributed by atoms with Crippen molar-refractivity contribution in [3.63, 3.8) is 0 Å². The molecule has 1 unspecified atom stereocenters. The molecule has 3 rings (SSSR count). The quantitative estimate of drug-likeness (QED) is 0.314. The lowest BCUT2D eigenvalue weighted by Crippen LogP contribution is -2.28. The predicted octanol–water partition coefficient (Wildman–Crippen LogP) is 5.73. The van der Waals surface area contributed by atoms with Crippen molar-refractivity contribution in [2.75, 3.05) is 19.8 Å². The molecule has 0 aliphatic carbocycles. The minimum absolute atomic E-state index is 0.329. The van der Waals surface area contributed by atoms with Crippen LogP contribution in [0, 0.1) is 11.8 Å². The standard InChI is InChI=1S/C29H30O4/c1-4-31-28(29(30)32-5-2)21-23-14-17-26(18-15-23)33-20-19-22(3)13-16-25-11-8-10-24-9-6-7-12-27(24)25/h6-12,14-15,17-19,28H,4-5,20-21H2,1-3H3/b22-19-. The third-order valence-electron chi connectivity index (χ3n) is 5.09. The molecule has 0 aliphatic rings. The van der Waals surface area contributed by atoms with Crippen LogP contribution in [0.15, 0.2) is 78.4 Å². The average Bonchev–Trinajstić information content (AvgIpc) is 2.83. The van der Waals surface area contributed by atoms with Crippen LogP contribution in [0.25, 0.3) is 10.8 Å². The van der Waals surface area contributed by atoms with E-state index in [0.29, 0.717) is 26.2 Å². The second-order valence-electron chi connectivity index (χ2n) is 7.52. The first-order valence-electron chi connectivity index (χ1n) is 11.3. The van der Waals surface area contributed by atoms with Gasteiger partial charge in [0.25, 0.3) is 0 Å². The summed E-state index contributed by atoms with van der Waals surface area (Å²) >= 11 is 0. The Morgan fingerprint density at radius 1 is 0.970 bits per heavy atom. The summed E-state index contributed by atoms with van der Waals surface area (Å²) in [6, 6.07) is 22.1. The number of fused-ring (bicyclic) bond motifs is 1. The molecule has 3 aromatic rings. The number of rotatable bonds is 9. The van der Waals surface area contributed by atoms with Crippen LogP contribution in [0.4, 0.5) is 0 Å². The van der Waals surface area contributed by atoms with E-state index in [2.05, 4.69) is 30.0 Å². The zero-order chi connectivity index (χ0) is 23.5. The van der Waals surface area contributed by atoms with E-state index in [4.69, 9.17) is 14.2 Å². The first kappa shape index (κ1) is 24.1. The summed E-state index contributed by atoms with van der Waals surface area (Å²) in [5.74, 6) is 6.91. The maximum absolute atomic E-state index is 12.0. The molecule has 0 N–H and O–H groups in total. The van der Waals surface area contributed by atoms with Gasteiger partial charge in [-0.05, 0) is 67.0 Å². The fraction of sp³-hybridized carbons (Fsp3) is 0.276. The van der Waals surface area contributed by atoms with E-state index in [9.17, 15) is 4.79 Å². The number of esters is 1. The number of benzene rings is 3. The van der Waals surface area contributed by atoms with Gasteiger partial charge in [0.05, 0.1) is 6.61 Å². The molecule has 0 saturated heterocycles. The second kappa shape index (κ2) is 12.5. The fourth-order valence-corrected chi connectivity index (χ4v) is 3.40. The van der Waals surface area contributed by atoms with Crippen LogP contribution in [-0.2, 0) is 20.7 Å². The lowest BCUT2D eigenvalue weighted by atomic mass is 10.0. The van der Waals surface area contributed by atoms with Gasteiger partial charge in [0, 0.05) is 18.6 Å². The van der Waals surface area contributed by atoms with Crippen molar-refractivity contribution < 1.29 is 19.0 Å². The summed E-state index contributed by atoms with van der Waals surface area (Å²) in [7, 11) is 0. The smallest absolute Gasteiger partial charge is 0.335 e. The highest BCUT2D eigenvalue weighted by molar-refractivity contribution is 5.88. The lowest BCUT2D eigenvalue weighted by molar-refractivity contribution is -0.156. The number of carbonyl (C=O) groups is 1. The molecular formula is C29H30O4. The number of allylic oxidation sites excluding steroid dienone is 1. The van der Waals surface area contributed by atoms with Gasteiger partial charge in [-0.15, -0.1) is 0 Å². The molecule has 33 heavy (non-hydrogen) atoms. The van der Waals surface area contributed by atoms with E-state index < -0.39 is 6.10 Å². The normalized spacial score (nSPS) is 12.0. The monoisotopic (exact) mass is 442 g/mol. The third kappa shape index (κ3) is 7.24. The van der Waals surface area contributed by atoms with Gasteiger partial charge in [0.2, 0.25) is 0 Å². The van der Waals surface area contributed by atoms with Gasteiger partial charge in [-0.2, -0.15) is 0 Å². The highest BCUT2D eigenvalue weighted by Gasteiger charge is 2.20. The Morgan fingerprint density at radius 3 is 2.48 bits per heavy atom. The van der Waals surface area contributed by atoms with Crippen molar-refractivity contribution >= 4 is 16.7 Å². The summed E-state index contributed by atoms with van der Waals surface area (Å²) in [5.41, 5.74) is 2.96. The van der Waals surface area contributed by atoms with E-state index in [1.807, 2.05) is 68.5 Å². The van der Waals surface area contributed by atoms with Gasteiger partial charge in [-0.3, -0.25) is 0 Å². The molecule has 0 aliphatic heterocycles. The van der Waals surface area contributed by atoms with Crippen molar-refractivity contribution in [1.82, 2.24) is 0 Å². The molecule has 170 valence electrons. The Morgan fingerprint density at radius 2 is 1.73 bits per heavy atom. The number of carbonyl (C=O) groups excluding carboxylic acids is 1. The van der Waals surface area contributed by atoms with Gasteiger partial charge >= 0.3 is 5.97 Å². The largest absolute Gasteiger partial charge is 0.490 e. The molecule has 0 amide bonds. The predicted molar refractivity (Wildman–Crippen MR) is 132 cm³/mol. The maximum atomic E-state index is 12.0. The lowest BCUT2D eigenvalue weighted by Gasteiger charge is -2.15. The first-order chi connectivity index (χ1) is 16.1. The van der Waals surface area contributed by atoms with E-state index in [0.717, 1.165) is 27.8 Å².